The minimum Gasteiger partial charge on any atom is -0.347 e. The van der Waals surface area contributed by atoms with Crippen molar-refractivity contribution in [3.05, 3.63) is 69.8 Å². The van der Waals surface area contributed by atoms with Crippen LogP contribution in [0.3, 0.4) is 0 Å². The van der Waals surface area contributed by atoms with Crippen molar-refractivity contribution >= 4 is 38.5 Å². The quantitative estimate of drug-likeness (QED) is 0.575. The van der Waals surface area contributed by atoms with Crippen molar-refractivity contribution in [3.8, 4) is 6.07 Å². The van der Waals surface area contributed by atoms with Gasteiger partial charge in [0, 0.05) is 33.7 Å². The molecule has 108 valence electrons. The largest absolute Gasteiger partial charge is 0.347 e. The maximum absolute atomic E-state index is 9.54. The standard InChI is InChI=1S/C19H15BrN2/c1-13-18(17-5-3-4-6-19(17)22(13)2)11-15(12-21)14-7-9-16(20)10-8-14/h3-11H,1-2H3. The van der Waals surface area contributed by atoms with Crippen LogP contribution in [0.5, 0.6) is 0 Å². The Morgan fingerprint density at radius 1 is 1.14 bits per heavy atom. The van der Waals surface area contributed by atoms with Crippen LogP contribution in [0.2, 0.25) is 0 Å². The molecule has 0 saturated heterocycles. The molecule has 0 aliphatic carbocycles. The van der Waals surface area contributed by atoms with E-state index < -0.39 is 0 Å². The second-order valence-electron chi connectivity index (χ2n) is 5.25. The Labute approximate surface area is 138 Å². The lowest BCUT2D eigenvalue weighted by Crippen LogP contribution is -1.90. The van der Waals surface area contributed by atoms with E-state index >= 15 is 0 Å². The normalized spacial score (nSPS) is 11.6. The molecule has 0 radical (unpaired) electrons. The number of nitriles is 1. The van der Waals surface area contributed by atoms with Crippen molar-refractivity contribution in [2.45, 2.75) is 6.92 Å². The number of rotatable bonds is 2. The van der Waals surface area contributed by atoms with Gasteiger partial charge in [-0.15, -0.1) is 0 Å². The van der Waals surface area contributed by atoms with Crippen molar-refractivity contribution < 1.29 is 0 Å². The zero-order valence-electron chi connectivity index (χ0n) is 12.5. The summed E-state index contributed by atoms with van der Waals surface area (Å²) in [5.74, 6) is 0. The molecule has 0 saturated carbocycles. The summed E-state index contributed by atoms with van der Waals surface area (Å²) >= 11 is 3.43. The van der Waals surface area contributed by atoms with E-state index in [1.807, 2.05) is 42.5 Å². The first kappa shape index (κ1) is 14.6. The van der Waals surface area contributed by atoms with Crippen molar-refractivity contribution in [3.63, 3.8) is 0 Å². The fourth-order valence-corrected chi connectivity index (χ4v) is 2.95. The van der Waals surface area contributed by atoms with Crippen LogP contribution in [-0.2, 0) is 7.05 Å². The van der Waals surface area contributed by atoms with Gasteiger partial charge in [-0.1, -0.05) is 46.3 Å². The van der Waals surface area contributed by atoms with E-state index in [4.69, 9.17) is 0 Å². The van der Waals surface area contributed by atoms with Gasteiger partial charge in [-0.25, -0.2) is 0 Å². The smallest absolute Gasteiger partial charge is 0.0998 e. The van der Waals surface area contributed by atoms with Gasteiger partial charge >= 0.3 is 0 Å². The Bertz CT molecular complexity index is 909. The Morgan fingerprint density at radius 2 is 1.82 bits per heavy atom. The zero-order chi connectivity index (χ0) is 15.7. The van der Waals surface area contributed by atoms with Gasteiger partial charge in [0.05, 0.1) is 11.6 Å². The number of aryl methyl sites for hydroxylation is 1. The van der Waals surface area contributed by atoms with Crippen LogP contribution in [0.4, 0.5) is 0 Å². The molecule has 1 aromatic heterocycles. The average Bonchev–Trinajstić information content (AvgIpc) is 2.78. The van der Waals surface area contributed by atoms with Crippen LogP contribution in [0, 0.1) is 18.3 Å². The average molecular weight is 351 g/mol. The summed E-state index contributed by atoms with van der Waals surface area (Å²) in [6.07, 6.45) is 1.99. The first-order valence-electron chi connectivity index (χ1n) is 7.03. The summed E-state index contributed by atoms with van der Waals surface area (Å²) in [4.78, 5) is 0. The molecule has 1 heterocycles. The molecule has 0 N–H and O–H groups in total. The maximum Gasteiger partial charge on any atom is 0.0998 e. The van der Waals surface area contributed by atoms with Gasteiger partial charge in [0.2, 0.25) is 0 Å². The topological polar surface area (TPSA) is 28.7 Å². The predicted molar refractivity (Wildman–Crippen MR) is 95.3 cm³/mol. The third-order valence-electron chi connectivity index (χ3n) is 4.01. The monoisotopic (exact) mass is 350 g/mol. The van der Waals surface area contributed by atoms with Crippen molar-refractivity contribution in [2.24, 2.45) is 7.05 Å². The number of nitrogens with zero attached hydrogens (tertiary/aromatic N) is 2. The number of para-hydroxylation sites is 1. The van der Waals surface area contributed by atoms with Crippen LogP contribution in [0.1, 0.15) is 16.8 Å². The van der Waals surface area contributed by atoms with Gasteiger partial charge in [-0.3, -0.25) is 0 Å². The van der Waals surface area contributed by atoms with Crippen molar-refractivity contribution in [1.29, 1.82) is 5.26 Å². The second-order valence-corrected chi connectivity index (χ2v) is 6.17. The molecule has 0 spiro atoms. The van der Waals surface area contributed by atoms with Crippen LogP contribution < -0.4 is 0 Å². The van der Waals surface area contributed by atoms with E-state index in [1.165, 1.54) is 10.9 Å². The molecule has 2 aromatic carbocycles. The van der Waals surface area contributed by atoms with Gasteiger partial charge in [-0.05, 0) is 36.8 Å². The highest BCUT2D eigenvalue weighted by atomic mass is 79.9. The van der Waals surface area contributed by atoms with Gasteiger partial charge in [0.15, 0.2) is 0 Å². The lowest BCUT2D eigenvalue weighted by molar-refractivity contribution is 0.916. The fraction of sp³-hybridized carbons (Fsp3) is 0.105. The summed E-state index contributed by atoms with van der Waals surface area (Å²) in [6, 6.07) is 18.4. The van der Waals surface area contributed by atoms with Crippen LogP contribution in [0.25, 0.3) is 22.6 Å². The SMILES string of the molecule is Cc1c(C=C(C#N)c2ccc(Br)cc2)c2ccccc2n1C. The minimum atomic E-state index is 0.673. The van der Waals surface area contributed by atoms with E-state index in [2.05, 4.69) is 52.7 Å². The number of hydrogen-bond acceptors (Lipinski definition) is 1. The maximum atomic E-state index is 9.54. The molecule has 0 aliphatic rings. The third kappa shape index (κ3) is 2.47. The second kappa shape index (κ2) is 5.82. The highest BCUT2D eigenvalue weighted by Crippen LogP contribution is 2.29. The third-order valence-corrected chi connectivity index (χ3v) is 4.54. The Morgan fingerprint density at radius 3 is 2.50 bits per heavy atom. The number of allylic oxidation sites excluding steroid dienone is 1. The fourth-order valence-electron chi connectivity index (χ4n) is 2.69. The van der Waals surface area contributed by atoms with Gasteiger partial charge in [0.1, 0.15) is 0 Å². The summed E-state index contributed by atoms with van der Waals surface area (Å²) in [5.41, 5.74) is 5.05. The lowest BCUT2D eigenvalue weighted by atomic mass is 10.0. The van der Waals surface area contributed by atoms with Crippen LogP contribution >= 0.6 is 15.9 Å². The van der Waals surface area contributed by atoms with E-state index in [1.54, 1.807) is 0 Å². The number of benzene rings is 2. The van der Waals surface area contributed by atoms with Crippen molar-refractivity contribution in [1.82, 2.24) is 4.57 Å². The minimum absolute atomic E-state index is 0.673. The van der Waals surface area contributed by atoms with Crippen molar-refractivity contribution in [2.75, 3.05) is 0 Å². The van der Waals surface area contributed by atoms with Crippen LogP contribution in [-0.4, -0.2) is 4.57 Å². The summed E-state index contributed by atoms with van der Waals surface area (Å²) < 4.78 is 3.17. The zero-order valence-corrected chi connectivity index (χ0v) is 14.1. The first-order chi connectivity index (χ1) is 10.6. The number of fused-ring (bicyclic) bond motifs is 1. The Kier molecular flexibility index (Phi) is 3.87. The molecule has 0 fully saturated rings. The number of hydrogen-bond donors (Lipinski definition) is 0. The molecule has 0 atom stereocenters. The number of aromatic nitrogens is 1. The highest BCUT2D eigenvalue weighted by Gasteiger charge is 2.11. The highest BCUT2D eigenvalue weighted by molar-refractivity contribution is 9.10. The molecule has 0 amide bonds. The van der Waals surface area contributed by atoms with Crippen LogP contribution in [0.15, 0.2) is 53.0 Å². The first-order valence-corrected chi connectivity index (χ1v) is 7.83. The summed E-state index contributed by atoms with van der Waals surface area (Å²) in [7, 11) is 2.06. The lowest BCUT2D eigenvalue weighted by Gasteiger charge is -2.01. The molecule has 0 aliphatic heterocycles. The molecule has 22 heavy (non-hydrogen) atoms. The summed E-state index contributed by atoms with van der Waals surface area (Å²) in [5, 5.41) is 10.7. The molecule has 2 nitrogen and oxygen atoms in total. The van der Waals surface area contributed by atoms with Gasteiger partial charge < -0.3 is 4.57 Å². The van der Waals surface area contributed by atoms with E-state index in [9.17, 15) is 5.26 Å². The number of halogens is 1. The van der Waals surface area contributed by atoms with E-state index in [-0.39, 0.29) is 0 Å². The predicted octanol–water partition coefficient (Wildman–Crippen LogP) is 5.31. The molecular formula is C19H15BrN2. The Hall–Kier alpha value is -2.31. The molecule has 3 heteroatoms. The molecule has 3 aromatic rings. The van der Waals surface area contributed by atoms with E-state index in [0.29, 0.717) is 5.57 Å². The van der Waals surface area contributed by atoms with E-state index in [0.717, 1.165) is 21.3 Å². The molecule has 0 bridgehead atoms. The van der Waals surface area contributed by atoms with Gasteiger partial charge in [-0.2, -0.15) is 5.26 Å². The molecule has 3 rings (SSSR count). The molecule has 0 unspecified atom stereocenters. The van der Waals surface area contributed by atoms with Gasteiger partial charge in [0.25, 0.3) is 0 Å². The summed E-state index contributed by atoms with van der Waals surface area (Å²) in [6.45, 7) is 2.09. The Balaban J connectivity index is 2.20. The molecular weight excluding hydrogens is 336 g/mol.